The molecule has 1 heterocycles. The molecule has 136 valence electrons. The van der Waals surface area contributed by atoms with E-state index in [9.17, 15) is 4.79 Å². The molecule has 0 saturated carbocycles. The normalized spacial score (nSPS) is 16.2. The third-order valence-electron chi connectivity index (χ3n) is 3.86. The predicted octanol–water partition coefficient (Wildman–Crippen LogP) is 5.50. The summed E-state index contributed by atoms with van der Waals surface area (Å²) < 4.78 is 0. The summed E-state index contributed by atoms with van der Waals surface area (Å²) >= 11 is 23.9. The minimum atomic E-state index is -0.328. The lowest BCUT2D eigenvalue weighted by Crippen LogP contribution is -2.27. The molecule has 1 atom stereocenters. The van der Waals surface area contributed by atoms with Crippen LogP contribution in [0.25, 0.3) is 0 Å². The highest BCUT2D eigenvalue weighted by Gasteiger charge is 2.25. The molecule has 0 aromatic heterocycles. The Hall–Kier alpha value is -1.46. The van der Waals surface area contributed by atoms with Crippen molar-refractivity contribution >= 4 is 58.0 Å². The molecule has 26 heavy (non-hydrogen) atoms. The molecule has 3 rings (SSSR count). The van der Waals surface area contributed by atoms with Crippen LogP contribution in [-0.2, 0) is 16.2 Å². The zero-order valence-corrected chi connectivity index (χ0v) is 16.5. The molecule has 1 aliphatic rings. The van der Waals surface area contributed by atoms with Gasteiger partial charge in [-0.15, -0.1) is 0 Å². The summed E-state index contributed by atoms with van der Waals surface area (Å²) in [4.78, 5) is 17.5. The van der Waals surface area contributed by atoms with Crippen molar-refractivity contribution in [1.29, 1.82) is 0 Å². The van der Waals surface area contributed by atoms with Crippen LogP contribution in [0.3, 0.4) is 0 Å². The molecule has 0 spiro atoms. The number of carbonyl (C=O) groups excluding carboxylic acids is 1. The number of halogens is 4. The SMILES string of the molecule is O=C(C[C@H]1CC(c2ccc(Cl)cc2Cl)=NO1)NCc1ccc(Cl)c(Cl)c1. The van der Waals surface area contributed by atoms with Gasteiger partial charge in [0.1, 0.15) is 6.10 Å². The molecule has 1 N–H and O–H groups in total. The van der Waals surface area contributed by atoms with Gasteiger partial charge in [0.2, 0.25) is 5.91 Å². The van der Waals surface area contributed by atoms with Gasteiger partial charge in [-0.25, -0.2) is 0 Å². The van der Waals surface area contributed by atoms with Gasteiger partial charge in [0.15, 0.2) is 0 Å². The van der Waals surface area contributed by atoms with E-state index in [-0.39, 0.29) is 18.4 Å². The van der Waals surface area contributed by atoms with E-state index in [1.54, 1.807) is 30.3 Å². The monoisotopic (exact) mass is 430 g/mol. The summed E-state index contributed by atoms with van der Waals surface area (Å²) in [5.74, 6) is -0.139. The number of hydrogen-bond acceptors (Lipinski definition) is 3. The summed E-state index contributed by atoms with van der Waals surface area (Å²) in [6.07, 6.45) is 0.367. The Morgan fingerprint density at radius 3 is 2.62 bits per heavy atom. The molecule has 0 bridgehead atoms. The van der Waals surface area contributed by atoms with Gasteiger partial charge in [-0.3, -0.25) is 4.79 Å². The fraction of sp³-hybridized carbons (Fsp3) is 0.222. The largest absolute Gasteiger partial charge is 0.391 e. The first kappa shape index (κ1) is 19.3. The van der Waals surface area contributed by atoms with Gasteiger partial charge >= 0.3 is 0 Å². The second-order valence-corrected chi connectivity index (χ2v) is 7.48. The van der Waals surface area contributed by atoms with Crippen molar-refractivity contribution in [3.05, 3.63) is 67.6 Å². The molecule has 1 amide bonds. The molecular weight excluding hydrogens is 418 g/mol. The maximum atomic E-state index is 12.1. The van der Waals surface area contributed by atoms with Crippen molar-refractivity contribution < 1.29 is 9.63 Å². The molecule has 0 saturated heterocycles. The van der Waals surface area contributed by atoms with Gasteiger partial charge in [-0.2, -0.15) is 0 Å². The molecule has 0 fully saturated rings. The van der Waals surface area contributed by atoms with E-state index >= 15 is 0 Å². The second-order valence-electron chi connectivity index (χ2n) is 5.82. The van der Waals surface area contributed by atoms with Crippen LogP contribution in [0.2, 0.25) is 20.1 Å². The van der Waals surface area contributed by atoms with Gasteiger partial charge < -0.3 is 10.2 Å². The van der Waals surface area contributed by atoms with E-state index in [4.69, 9.17) is 51.2 Å². The van der Waals surface area contributed by atoms with E-state index in [0.717, 1.165) is 11.1 Å². The Morgan fingerprint density at radius 1 is 1.08 bits per heavy atom. The quantitative estimate of drug-likeness (QED) is 0.679. The highest BCUT2D eigenvalue weighted by molar-refractivity contribution is 6.42. The summed E-state index contributed by atoms with van der Waals surface area (Å²) in [6.45, 7) is 0.360. The first-order chi connectivity index (χ1) is 12.4. The van der Waals surface area contributed by atoms with Crippen molar-refractivity contribution in [2.24, 2.45) is 5.16 Å². The summed E-state index contributed by atoms with van der Waals surface area (Å²) in [7, 11) is 0. The Labute approximate surface area is 171 Å². The maximum absolute atomic E-state index is 12.1. The van der Waals surface area contributed by atoms with Crippen molar-refractivity contribution in [1.82, 2.24) is 5.32 Å². The molecule has 8 heteroatoms. The number of nitrogens with zero attached hydrogens (tertiary/aromatic N) is 1. The van der Waals surface area contributed by atoms with E-state index < -0.39 is 0 Å². The number of carbonyl (C=O) groups is 1. The van der Waals surface area contributed by atoms with Crippen LogP contribution >= 0.6 is 46.4 Å². The lowest BCUT2D eigenvalue weighted by molar-refractivity contribution is -0.123. The van der Waals surface area contributed by atoms with Crippen LogP contribution in [-0.4, -0.2) is 17.7 Å². The number of rotatable bonds is 5. The van der Waals surface area contributed by atoms with Crippen molar-refractivity contribution in [2.75, 3.05) is 0 Å². The Morgan fingerprint density at radius 2 is 1.88 bits per heavy atom. The summed E-state index contributed by atoms with van der Waals surface area (Å²) in [5.41, 5.74) is 2.33. The second kappa shape index (κ2) is 8.49. The molecule has 0 aliphatic carbocycles. The predicted molar refractivity (Wildman–Crippen MR) is 105 cm³/mol. The summed E-state index contributed by atoms with van der Waals surface area (Å²) in [5, 5.41) is 8.87. The fourth-order valence-corrected chi connectivity index (χ4v) is 3.39. The molecule has 0 unspecified atom stereocenters. The molecule has 2 aromatic carbocycles. The van der Waals surface area contributed by atoms with Gasteiger partial charge in [-0.05, 0) is 29.8 Å². The van der Waals surface area contributed by atoms with Crippen molar-refractivity contribution in [3.8, 4) is 0 Å². The lowest BCUT2D eigenvalue weighted by Gasteiger charge is -2.10. The van der Waals surface area contributed by atoms with Crippen molar-refractivity contribution in [3.63, 3.8) is 0 Å². The highest BCUT2D eigenvalue weighted by atomic mass is 35.5. The van der Waals surface area contributed by atoms with E-state index in [1.807, 2.05) is 6.07 Å². The Kier molecular flexibility index (Phi) is 6.30. The van der Waals surface area contributed by atoms with E-state index in [0.29, 0.717) is 38.8 Å². The molecule has 2 aromatic rings. The minimum absolute atomic E-state index is 0.139. The fourth-order valence-electron chi connectivity index (χ4n) is 2.55. The highest BCUT2D eigenvalue weighted by Crippen LogP contribution is 2.27. The van der Waals surface area contributed by atoms with Gasteiger partial charge in [0.05, 0.1) is 27.2 Å². The third kappa shape index (κ3) is 4.83. The topological polar surface area (TPSA) is 50.7 Å². The van der Waals surface area contributed by atoms with Crippen molar-refractivity contribution in [2.45, 2.75) is 25.5 Å². The van der Waals surface area contributed by atoms with Crippen LogP contribution in [0.15, 0.2) is 41.6 Å². The molecule has 4 nitrogen and oxygen atoms in total. The number of oxime groups is 1. The molecule has 0 radical (unpaired) electrons. The third-order valence-corrected chi connectivity index (χ3v) is 5.15. The van der Waals surface area contributed by atoms with E-state index in [2.05, 4.69) is 10.5 Å². The average Bonchev–Trinajstić information content (AvgIpc) is 3.04. The Balaban J connectivity index is 1.51. The molecular formula is C18H14Cl4N2O2. The number of nitrogens with one attached hydrogen (secondary N) is 1. The van der Waals surface area contributed by atoms with Gasteiger partial charge in [0, 0.05) is 23.6 Å². The Bertz CT molecular complexity index is 870. The van der Waals surface area contributed by atoms with Gasteiger partial charge in [-0.1, -0.05) is 63.7 Å². The van der Waals surface area contributed by atoms with Crippen LogP contribution in [0.4, 0.5) is 0 Å². The number of benzene rings is 2. The summed E-state index contributed by atoms with van der Waals surface area (Å²) in [6, 6.07) is 10.4. The lowest BCUT2D eigenvalue weighted by atomic mass is 10.0. The average molecular weight is 432 g/mol. The zero-order valence-electron chi connectivity index (χ0n) is 13.4. The van der Waals surface area contributed by atoms with Crippen LogP contribution in [0, 0.1) is 0 Å². The standard InChI is InChI=1S/C18H14Cl4N2O2/c19-11-2-3-13(15(21)6-11)17-7-12(26-24-17)8-18(25)23-9-10-1-4-14(20)16(22)5-10/h1-6,12H,7-9H2,(H,23,25)/t12-/m1/s1. The van der Waals surface area contributed by atoms with Crippen LogP contribution < -0.4 is 5.32 Å². The number of hydrogen-bond donors (Lipinski definition) is 1. The first-order valence-electron chi connectivity index (χ1n) is 7.81. The maximum Gasteiger partial charge on any atom is 0.224 e. The molecule has 1 aliphatic heterocycles. The van der Waals surface area contributed by atoms with Gasteiger partial charge in [0.25, 0.3) is 0 Å². The smallest absolute Gasteiger partial charge is 0.224 e. The minimum Gasteiger partial charge on any atom is -0.391 e. The number of amides is 1. The van der Waals surface area contributed by atoms with Crippen LogP contribution in [0.5, 0.6) is 0 Å². The first-order valence-corrected chi connectivity index (χ1v) is 9.32. The van der Waals surface area contributed by atoms with E-state index in [1.165, 1.54) is 0 Å². The van der Waals surface area contributed by atoms with Crippen LogP contribution in [0.1, 0.15) is 24.0 Å². The zero-order chi connectivity index (χ0) is 18.7.